The number of hydrogen-bond donors (Lipinski definition) is 1. The number of hydrogen-bond acceptors (Lipinski definition) is 1. The van der Waals surface area contributed by atoms with E-state index in [0.29, 0.717) is 0 Å². The molecule has 1 aliphatic carbocycles. The summed E-state index contributed by atoms with van der Waals surface area (Å²) in [7, 11) is 0. The third kappa shape index (κ3) is 1.82. The molecule has 1 heteroatoms. The summed E-state index contributed by atoms with van der Waals surface area (Å²) in [6.45, 7) is 3.51. The second-order valence-electron chi connectivity index (χ2n) is 4.05. The van der Waals surface area contributed by atoms with Crippen molar-refractivity contribution >= 4 is 5.76 Å². The predicted octanol–water partition coefficient (Wildman–Crippen LogP) is 3.87. The van der Waals surface area contributed by atoms with Crippen molar-refractivity contribution in [1.29, 1.82) is 0 Å². The van der Waals surface area contributed by atoms with Crippen LogP contribution in [-0.2, 0) is 0 Å². The Hall–Kier alpha value is -1.24. The Labute approximate surface area is 85.1 Å². The van der Waals surface area contributed by atoms with Gasteiger partial charge in [0.2, 0.25) is 0 Å². The normalized spacial score (nSPS) is 17.1. The summed E-state index contributed by atoms with van der Waals surface area (Å²) >= 11 is 0. The van der Waals surface area contributed by atoms with Gasteiger partial charge in [0.15, 0.2) is 0 Å². The maximum Gasteiger partial charge on any atom is 0.115 e. The van der Waals surface area contributed by atoms with Crippen molar-refractivity contribution in [3.05, 3.63) is 42.0 Å². The van der Waals surface area contributed by atoms with Crippen LogP contribution >= 0.6 is 0 Å². The van der Waals surface area contributed by atoms with E-state index in [9.17, 15) is 5.11 Å². The van der Waals surface area contributed by atoms with Gasteiger partial charge in [-0.3, -0.25) is 0 Å². The van der Waals surface area contributed by atoms with Gasteiger partial charge in [0.25, 0.3) is 0 Å². The van der Waals surface area contributed by atoms with E-state index in [-0.39, 0.29) is 5.76 Å². The third-order valence-electron chi connectivity index (χ3n) is 3.07. The van der Waals surface area contributed by atoms with E-state index in [4.69, 9.17) is 0 Å². The minimum atomic E-state index is 0.156. The van der Waals surface area contributed by atoms with E-state index in [1.54, 1.807) is 0 Å². The second-order valence-corrected chi connectivity index (χ2v) is 4.05. The molecule has 1 aromatic rings. The van der Waals surface area contributed by atoms with Crippen LogP contribution in [0.15, 0.2) is 30.8 Å². The Morgan fingerprint density at radius 2 is 1.71 bits per heavy atom. The molecule has 2 rings (SSSR count). The van der Waals surface area contributed by atoms with E-state index >= 15 is 0 Å². The van der Waals surface area contributed by atoms with E-state index in [2.05, 4.69) is 18.7 Å². The smallest absolute Gasteiger partial charge is 0.115 e. The van der Waals surface area contributed by atoms with Gasteiger partial charge < -0.3 is 5.11 Å². The van der Waals surface area contributed by atoms with E-state index in [1.165, 1.54) is 31.2 Å². The maximum atomic E-state index is 9.19. The van der Waals surface area contributed by atoms with Gasteiger partial charge >= 0.3 is 0 Å². The van der Waals surface area contributed by atoms with Gasteiger partial charge in [-0.15, -0.1) is 0 Å². The van der Waals surface area contributed by atoms with Crippen LogP contribution in [0.25, 0.3) is 5.76 Å². The summed E-state index contributed by atoms with van der Waals surface area (Å²) in [5.41, 5.74) is 2.24. The quantitative estimate of drug-likeness (QED) is 0.698. The van der Waals surface area contributed by atoms with Gasteiger partial charge in [0.1, 0.15) is 5.76 Å². The van der Waals surface area contributed by atoms with Crippen LogP contribution < -0.4 is 0 Å². The Kier molecular flexibility index (Phi) is 2.58. The SMILES string of the molecule is C=C(O)c1ccc(C2CCCC2)cc1. The zero-order valence-corrected chi connectivity index (χ0v) is 8.37. The first-order valence-electron chi connectivity index (χ1n) is 5.25. The van der Waals surface area contributed by atoms with Crippen LogP contribution in [0.4, 0.5) is 0 Å². The minimum Gasteiger partial charge on any atom is -0.508 e. The zero-order valence-electron chi connectivity index (χ0n) is 8.37. The summed E-state index contributed by atoms with van der Waals surface area (Å²) in [5, 5.41) is 9.19. The first kappa shape index (κ1) is 9.32. The molecular formula is C13H16O. The molecule has 0 bridgehead atoms. The van der Waals surface area contributed by atoms with Gasteiger partial charge in [0.05, 0.1) is 0 Å². The van der Waals surface area contributed by atoms with Crippen molar-refractivity contribution in [3.8, 4) is 0 Å². The molecule has 0 heterocycles. The fourth-order valence-electron chi connectivity index (χ4n) is 2.21. The molecule has 74 valence electrons. The third-order valence-corrected chi connectivity index (χ3v) is 3.07. The molecule has 1 fully saturated rings. The monoisotopic (exact) mass is 188 g/mol. The molecule has 1 N–H and O–H groups in total. The molecule has 0 aliphatic heterocycles. The highest BCUT2D eigenvalue weighted by atomic mass is 16.3. The largest absolute Gasteiger partial charge is 0.508 e. The molecule has 14 heavy (non-hydrogen) atoms. The molecule has 0 radical (unpaired) electrons. The molecule has 1 aromatic carbocycles. The second kappa shape index (κ2) is 3.87. The molecule has 0 aromatic heterocycles. The lowest BCUT2D eigenvalue weighted by Crippen LogP contribution is -1.92. The fraction of sp³-hybridized carbons (Fsp3) is 0.385. The van der Waals surface area contributed by atoms with Crippen molar-refractivity contribution in [3.63, 3.8) is 0 Å². The molecule has 0 spiro atoms. The average molecular weight is 188 g/mol. The standard InChI is InChI=1S/C13H16O/c1-10(14)11-6-8-13(9-7-11)12-4-2-3-5-12/h6-9,12,14H,1-5H2. The number of benzene rings is 1. The van der Waals surface area contributed by atoms with E-state index in [0.717, 1.165) is 11.5 Å². The lowest BCUT2D eigenvalue weighted by Gasteiger charge is -2.09. The Balaban J connectivity index is 2.16. The number of aliphatic hydroxyl groups excluding tert-OH is 1. The van der Waals surface area contributed by atoms with E-state index in [1.807, 2.05) is 12.1 Å². The highest BCUT2D eigenvalue weighted by molar-refractivity contribution is 5.56. The van der Waals surface area contributed by atoms with Gasteiger partial charge in [0, 0.05) is 5.56 Å². The van der Waals surface area contributed by atoms with E-state index < -0.39 is 0 Å². The van der Waals surface area contributed by atoms with Crippen LogP contribution in [0.5, 0.6) is 0 Å². The lowest BCUT2D eigenvalue weighted by molar-refractivity contribution is 0.514. The molecule has 0 atom stereocenters. The predicted molar refractivity (Wildman–Crippen MR) is 59.3 cm³/mol. The van der Waals surface area contributed by atoms with Gasteiger partial charge in [-0.25, -0.2) is 0 Å². The van der Waals surface area contributed by atoms with Crippen molar-refractivity contribution in [2.45, 2.75) is 31.6 Å². The number of rotatable bonds is 2. The highest BCUT2D eigenvalue weighted by Gasteiger charge is 2.16. The molecular weight excluding hydrogens is 172 g/mol. The summed E-state index contributed by atoms with van der Waals surface area (Å²) in [5.74, 6) is 0.902. The minimum absolute atomic E-state index is 0.156. The van der Waals surface area contributed by atoms with Crippen molar-refractivity contribution < 1.29 is 5.11 Å². The summed E-state index contributed by atoms with van der Waals surface area (Å²) in [6, 6.07) is 8.14. The Morgan fingerprint density at radius 3 is 2.21 bits per heavy atom. The van der Waals surface area contributed by atoms with Gasteiger partial charge in [-0.1, -0.05) is 43.7 Å². The Bertz CT molecular complexity index is 318. The maximum absolute atomic E-state index is 9.19. The van der Waals surface area contributed by atoms with Crippen LogP contribution in [0.1, 0.15) is 42.7 Å². The summed E-state index contributed by atoms with van der Waals surface area (Å²) in [4.78, 5) is 0. The highest BCUT2D eigenvalue weighted by Crippen LogP contribution is 2.34. The molecule has 0 unspecified atom stereocenters. The lowest BCUT2D eigenvalue weighted by atomic mass is 9.96. The summed E-state index contributed by atoms with van der Waals surface area (Å²) in [6.07, 6.45) is 5.36. The van der Waals surface area contributed by atoms with Crippen molar-refractivity contribution in [2.24, 2.45) is 0 Å². The fourth-order valence-corrected chi connectivity index (χ4v) is 2.21. The molecule has 0 amide bonds. The zero-order chi connectivity index (χ0) is 9.97. The van der Waals surface area contributed by atoms with Crippen molar-refractivity contribution in [1.82, 2.24) is 0 Å². The van der Waals surface area contributed by atoms with Gasteiger partial charge in [-0.2, -0.15) is 0 Å². The van der Waals surface area contributed by atoms with Gasteiger partial charge in [-0.05, 0) is 24.3 Å². The van der Waals surface area contributed by atoms with Crippen LogP contribution in [0.3, 0.4) is 0 Å². The first-order chi connectivity index (χ1) is 6.77. The topological polar surface area (TPSA) is 20.2 Å². The summed E-state index contributed by atoms with van der Waals surface area (Å²) < 4.78 is 0. The van der Waals surface area contributed by atoms with Crippen LogP contribution in [-0.4, -0.2) is 5.11 Å². The first-order valence-corrected chi connectivity index (χ1v) is 5.25. The number of aliphatic hydroxyl groups is 1. The molecule has 1 saturated carbocycles. The molecule has 1 aliphatic rings. The van der Waals surface area contributed by atoms with Crippen LogP contribution in [0, 0.1) is 0 Å². The average Bonchev–Trinajstić information content (AvgIpc) is 2.71. The van der Waals surface area contributed by atoms with Crippen molar-refractivity contribution in [2.75, 3.05) is 0 Å². The molecule has 0 saturated heterocycles. The van der Waals surface area contributed by atoms with Crippen LogP contribution in [0.2, 0.25) is 0 Å². The Morgan fingerprint density at radius 1 is 1.14 bits per heavy atom. The molecule has 1 nitrogen and oxygen atoms in total.